The van der Waals surface area contributed by atoms with Crippen LogP contribution >= 0.6 is 0 Å². The average molecular weight is 340 g/mol. The number of hydrogen-bond donors (Lipinski definition) is 2. The summed E-state index contributed by atoms with van der Waals surface area (Å²) in [5.74, 6) is 1.03. The SMILES string of the molecule is Cc1ccc(C)c(OCCNC(=O)NC2CCS(=O)(=O)C2)c1C. The molecule has 2 N–H and O–H groups in total. The van der Waals surface area contributed by atoms with E-state index in [2.05, 4.69) is 16.7 Å². The van der Waals surface area contributed by atoms with E-state index in [4.69, 9.17) is 4.74 Å². The average Bonchev–Trinajstić information content (AvgIpc) is 2.81. The van der Waals surface area contributed by atoms with Gasteiger partial charge in [-0.05, 0) is 43.9 Å². The summed E-state index contributed by atoms with van der Waals surface area (Å²) in [5.41, 5.74) is 3.33. The number of urea groups is 1. The fourth-order valence-corrected chi connectivity index (χ4v) is 4.28. The fraction of sp³-hybridized carbons (Fsp3) is 0.562. The van der Waals surface area contributed by atoms with Crippen LogP contribution in [0, 0.1) is 20.8 Å². The number of ether oxygens (including phenoxy) is 1. The molecule has 23 heavy (non-hydrogen) atoms. The molecule has 0 aliphatic carbocycles. The first-order valence-corrected chi connectivity index (χ1v) is 9.55. The molecule has 2 amide bonds. The monoisotopic (exact) mass is 340 g/mol. The lowest BCUT2D eigenvalue weighted by atomic mass is 10.1. The molecule has 0 spiro atoms. The van der Waals surface area contributed by atoms with Crippen molar-refractivity contribution in [3.8, 4) is 5.75 Å². The van der Waals surface area contributed by atoms with E-state index in [1.807, 2.05) is 26.8 Å². The van der Waals surface area contributed by atoms with Crippen LogP contribution in [0.5, 0.6) is 5.75 Å². The van der Waals surface area contributed by atoms with Crippen LogP contribution in [0.15, 0.2) is 12.1 Å². The van der Waals surface area contributed by atoms with Crippen molar-refractivity contribution in [2.45, 2.75) is 33.2 Å². The van der Waals surface area contributed by atoms with Gasteiger partial charge in [0.05, 0.1) is 18.1 Å². The molecule has 1 unspecified atom stereocenters. The van der Waals surface area contributed by atoms with Crippen molar-refractivity contribution in [3.05, 3.63) is 28.8 Å². The smallest absolute Gasteiger partial charge is 0.315 e. The third-order valence-corrected chi connectivity index (χ3v) is 5.84. The number of hydrogen-bond acceptors (Lipinski definition) is 4. The molecule has 1 aliphatic heterocycles. The Kier molecular flexibility index (Phi) is 5.51. The van der Waals surface area contributed by atoms with Gasteiger partial charge in [-0.3, -0.25) is 0 Å². The van der Waals surface area contributed by atoms with Gasteiger partial charge in [0.2, 0.25) is 0 Å². The van der Waals surface area contributed by atoms with Crippen LogP contribution in [-0.2, 0) is 9.84 Å². The summed E-state index contributed by atoms with van der Waals surface area (Å²) < 4.78 is 28.4. The standard InChI is InChI=1S/C16H24N2O4S/c1-11-4-5-12(2)15(13(11)3)22-8-7-17-16(19)18-14-6-9-23(20,21)10-14/h4-5,14H,6-10H2,1-3H3,(H2,17,18,19). The minimum Gasteiger partial charge on any atom is -0.491 e. The van der Waals surface area contributed by atoms with Gasteiger partial charge in [-0.1, -0.05) is 12.1 Å². The van der Waals surface area contributed by atoms with Crippen molar-refractivity contribution in [1.82, 2.24) is 10.6 Å². The van der Waals surface area contributed by atoms with Crippen molar-refractivity contribution in [3.63, 3.8) is 0 Å². The van der Waals surface area contributed by atoms with Gasteiger partial charge in [0.15, 0.2) is 9.84 Å². The molecule has 1 heterocycles. The second kappa shape index (κ2) is 7.21. The van der Waals surface area contributed by atoms with Gasteiger partial charge < -0.3 is 15.4 Å². The first kappa shape index (κ1) is 17.6. The van der Waals surface area contributed by atoms with Gasteiger partial charge in [-0.15, -0.1) is 0 Å². The molecule has 0 saturated carbocycles. The van der Waals surface area contributed by atoms with Crippen LogP contribution in [0.2, 0.25) is 0 Å². The van der Waals surface area contributed by atoms with E-state index < -0.39 is 9.84 Å². The molecule has 1 fully saturated rings. The van der Waals surface area contributed by atoms with Gasteiger partial charge in [0.1, 0.15) is 12.4 Å². The third-order valence-electron chi connectivity index (χ3n) is 4.08. The van der Waals surface area contributed by atoms with Crippen molar-refractivity contribution < 1.29 is 17.9 Å². The molecule has 128 valence electrons. The van der Waals surface area contributed by atoms with Crippen LogP contribution in [0.3, 0.4) is 0 Å². The van der Waals surface area contributed by atoms with Crippen LogP contribution in [0.1, 0.15) is 23.1 Å². The first-order chi connectivity index (χ1) is 10.8. The second-order valence-electron chi connectivity index (χ2n) is 6.00. The Hall–Kier alpha value is -1.76. The Labute approximate surface area is 137 Å². The lowest BCUT2D eigenvalue weighted by Gasteiger charge is -2.15. The van der Waals surface area contributed by atoms with E-state index in [-0.39, 0.29) is 23.6 Å². The highest BCUT2D eigenvalue weighted by atomic mass is 32.2. The van der Waals surface area contributed by atoms with E-state index in [9.17, 15) is 13.2 Å². The zero-order valence-electron chi connectivity index (χ0n) is 13.8. The van der Waals surface area contributed by atoms with Gasteiger partial charge in [0, 0.05) is 6.04 Å². The molecule has 0 radical (unpaired) electrons. The zero-order chi connectivity index (χ0) is 17.0. The van der Waals surface area contributed by atoms with E-state index in [0.29, 0.717) is 19.6 Å². The number of rotatable bonds is 5. The summed E-state index contributed by atoms with van der Waals surface area (Å²) in [7, 11) is -2.98. The minimum atomic E-state index is -2.98. The predicted molar refractivity (Wildman–Crippen MR) is 89.7 cm³/mol. The van der Waals surface area contributed by atoms with Crippen LogP contribution in [0.25, 0.3) is 0 Å². The van der Waals surface area contributed by atoms with Crippen LogP contribution in [-0.4, -0.2) is 45.1 Å². The molecule has 1 aromatic carbocycles. The molecule has 7 heteroatoms. The molecule has 2 rings (SSSR count). The summed E-state index contributed by atoms with van der Waals surface area (Å²) in [4.78, 5) is 11.7. The number of amides is 2. The summed E-state index contributed by atoms with van der Waals surface area (Å²) in [6.07, 6.45) is 0.480. The molecular formula is C16H24N2O4S. The lowest BCUT2D eigenvalue weighted by molar-refractivity contribution is 0.233. The Bertz CT molecular complexity index is 686. The van der Waals surface area contributed by atoms with Crippen molar-refractivity contribution in [2.24, 2.45) is 0 Å². The van der Waals surface area contributed by atoms with Gasteiger partial charge in [-0.25, -0.2) is 13.2 Å². The second-order valence-corrected chi connectivity index (χ2v) is 8.23. The molecular weight excluding hydrogens is 316 g/mol. The van der Waals surface area contributed by atoms with E-state index in [1.54, 1.807) is 0 Å². The maximum Gasteiger partial charge on any atom is 0.315 e. The summed E-state index contributed by atoms with van der Waals surface area (Å²) >= 11 is 0. The predicted octanol–water partition coefficient (Wildman–Crippen LogP) is 1.48. The van der Waals surface area contributed by atoms with Crippen LogP contribution in [0.4, 0.5) is 4.79 Å². The minimum absolute atomic E-state index is 0.0264. The summed E-state index contributed by atoms with van der Waals surface area (Å²) in [5, 5.41) is 5.37. The van der Waals surface area contributed by atoms with E-state index in [0.717, 1.165) is 16.9 Å². The van der Waals surface area contributed by atoms with E-state index in [1.165, 1.54) is 5.56 Å². The topological polar surface area (TPSA) is 84.5 Å². The highest BCUT2D eigenvalue weighted by Crippen LogP contribution is 2.25. The lowest BCUT2D eigenvalue weighted by Crippen LogP contribution is -2.43. The van der Waals surface area contributed by atoms with Crippen LogP contribution < -0.4 is 15.4 Å². The Balaban J connectivity index is 1.74. The molecule has 0 bridgehead atoms. The third kappa shape index (κ3) is 4.86. The zero-order valence-corrected chi connectivity index (χ0v) is 14.6. The number of aryl methyl sites for hydroxylation is 2. The quantitative estimate of drug-likeness (QED) is 0.795. The normalized spacial score (nSPS) is 19.3. The fourth-order valence-electron chi connectivity index (χ4n) is 2.61. The maximum atomic E-state index is 11.7. The highest BCUT2D eigenvalue weighted by Gasteiger charge is 2.28. The van der Waals surface area contributed by atoms with Crippen molar-refractivity contribution >= 4 is 15.9 Å². The highest BCUT2D eigenvalue weighted by molar-refractivity contribution is 7.91. The van der Waals surface area contributed by atoms with E-state index >= 15 is 0 Å². The molecule has 1 saturated heterocycles. The number of carbonyl (C=O) groups is 1. The number of benzene rings is 1. The number of carbonyl (C=O) groups excluding carboxylic acids is 1. The van der Waals surface area contributed by atoms with Crippen molar-refractivity contribution in [1.29, 1.82) is 0 Å². The molecule has 6 nitrogen and oxygen atoms in total. The number of sulfone groups is 1. The Morgan fingerprint density at radius 2 is 1.96 bits per heavy atom. The molecule has 0 aromatic heterocycles. The first-order valence-electron chi connectivity index (χ1n) is 7.73. The summed E-state index contributed by atoms with van der Waals surface area (Å²) in [6, 6.07) is 3.42. The van der Waals surface area contributed by atoms with Gasteiger partial charge in [0.25, 0.3) is 0 Å². The summed E-state index contributed by atoms with van der Waals surface area (Å²) in [6.45, 7) is 6.75. The number of nitrogens with one attached hydrogen (secondary N) is 2. The Morgan fingerprint density at radius 1 is 1.26 bits per heavy atom. The van der Waals surface area contributed by atoms with Crippen molar-refractivity contribution in [2.75, 3.05) is 24.7 Å². The molecule has 1 atom stereocenters. The molecule has 1 aromatic rings. The van der Waals surface area contributed by atoms with Gasteiger partial charge in [-0.2, -0.15) is 0 Å². The molecule has 1 aliphatic rings. The van der Waals surface area contributed by atoms with Gasteiger partial charge >= 0.3 is 6.03 Å². The largest absolute Gasteiger partial charge is 0.491 e. The maximum absolute atomic E-state index is 11.7. The Morgan fingerprint density at radius 3 is 2.61 bits per heavy atom.